The van der Waals surface area contributed by atoms with Gasteiger partial charge in [0.2, 0.25) is 0 Å². The lowest BCUT2D eigenvalue weighted by Gasteiger charge is -2.41. The maximum absolute atomic E-state index is 5.92. The number of halogens is 1. The van der Waals surface area contributed by atoms with Crippen molar-refractivity contribution in [3.63, 3.8) is 0 Å². The van der Waals surface area contributed by atoms with Gasteiger partial charge in [-0.3, -0.25) is 4.90 Å². The average Bonchev–Trinajstić information content (AvgIpc) is 3.31. The van der Waals surface area contributed by atoms with Gasteiger partial charge in [-0.15, -0.1) is 0 Å². The SMILES string of the molecule is COc1ccc(C2C(CN)OCCN2C2CC2)cc1Br. The van der Waals surface area contributed by atoms with Gasteiger partial charge < -0.3 is 15.2 Å². The summed E-state index contributed by atoms with van der Waals surface area (Å²) in [5, 5.41) is 0. The lowest BCUT2D eigenvalue weighted by atomic mass is 9.97. The molecule has 2 aliphatic rings. The highest BCUT2D eigenvalue weighted by molar-refractivity contribution is 9.10. The predicted molar refractivity (Wildman–Crippen MR) is 82.0 cm³/mol. The van der Waals surface area contributed by atoms with Crippen LogP contribution in [0.1, 0.15) is 24.4 Å². The molecule has 0 amide bonds. The molecule has 0 bridgehead atoms. The third-order valence-corrected chi connectivity index (χ3v) is 4.78. The zero-order valence-corrected chi connectivity index (χ0v) is 13.3. The number of hydrogen-bond donors (Lipinski definition) is 1. The van der Waals surface area contributed by atoms with Crippen molar-refractivity contribution in [1.29, 1.82) is 0 Å². The van der Waals surface area contributed by atoms with Gasteiger partial charge in [0.15, 0.2) is 0 Å². The topological polar surface area (TPSA) is 47.7 Å². The van der Waals surface area contributed by atoms with E-state index in [4.69, 9.17) is 15.2 Å². The minimum Gasteiger partial charge on any atom is -0.496 e. The van der Waals surface area contributed by atoms with E-state index in [-0.39, 0.29) is 12.1 Å². The summed E-state index contributed by atoms with van der Waals surface area (Å²) in [6.07, 6.45) is 2.67. The molecule has 20 heavy (non-hydrogen) atoms. The molecule has 2 atom stereocenters. The highest BCUT2D eigenvalue weighted by Gasteiger charge is 2.40. The molecule has 2 N–H and O–H groups in total. The molecule has 1 aromatic rings. The summed E-state index contributed by atoms with van der Waals surface area (Å²) < 4.78 is 12.2. The van der Waals surface area contributed by atoms with Crippen LogP contribution >= 0.6 is 15.9 Å². The van der Waals surface area contributed by atoms with Crippen molar-refractivity contribution < 1.29 is 9.47 Å². The number of ether oxygens (including phenoxy) is 2. The van der Waals surface area contributed by atoms with E-state index >= 15 is 0 Å². The van der Waals surface area contributed by atoms with Crippen molar-refractivity contribution in [3.05, 3.63) is 28.2 Å². The Morgan fingerprint density at radius 3 is 2.85 bits per heavy atom. The van der Waals surface area contributed by atoms with Crippen molar-refractivity contribution in [1.82, 2.24) is 4.90 Å². The molecule has 2 unspecified atom stereocenters. The minimum atomic E-state index is 0.0737. The molecule has 1 aliphatic carbocycles. The van der Waals surface area contributed by atoms with Crippen molar-refractivity contribution in [2.75, 3.05) is 26.8 Å². The van der Waals surface area contributed by atoms with Gasteiger partial charge in [-0.05, 0) is 46.5 Å². The second-order valence-corrected chi connectivity index (χ2v) is 6.31. The molecular weight excluding hydrogens is 320 g/mol. The summed E-state index contributed by atoms with van der Waals surface area (Å²) in [4.78, 5) is 2.56. The van der Waals surface area contributed by atoms with Crippen molar-refractivity contribution in [2.24, 2.45) is 5.73 Å². The van der Waals surface area contributed by atoms with Crippen LogP contribution in [-0.2, 0) is 4.74 Å². The van der Waals surface area contributed by atoms with E-state index in [0.717, 1.165) is 23.4 Å². The fraction of sp³-hybridized carbons (Fsp3) is 0.600. The van der Waals surface area contributed by atoms with Gasteiger partial charge in [-0.1, -0.05) is 6.07 Å². The Balaban J connectivity index is 1.91. The molecule has 1 aliphatic heterocycles. The van der Waals surface area contributed by atoms with Gasteiger partial charge in [-0.2, -0.15) is 0 Å². The monoisotopic (exact) mass is 340 g/mol. The third kappa shape index (κ3) is 2.72. The molecule has 1 heterocycles. The Morgan fingerprint density at radius 2 is 2.25 bits per heavy atom. The van der Waals surface area contributed by atoms with Crippen LogP contribution in [0.5, 0.6) is 5.75 Å². The Labute approximate surface area is 128 Å². The first-order chi connectivity index (χ1) is 9.74. The summed E-state index contributed by atoms with van der Waals surface area (Å²) in [6, 6.07) is 7.23. The lowest BCUT2D eigenvalue weighted by molar-refractivity contribution is -0.0712. The van der Waals surface area contributed by atoms with E-state index in [0.29, 0.717) is 12.6 Å². The minimum absolute atomic E-state index is 0.0737. The lowest BCUT2D eigenvalue weighted by Crippen LogP contribution is -2.49. The number of hydrogen-bond acceptors (Lipinski definition) is 4. The molecule has 0 spiro atoms. The van der Waals surface area contributed by atoms with E-state index in [2.05, 4.69) is 33.0 Å². The van der Waals surface area contributed by atoms with Crippen molar-refractivity contribution in [3.8, 4) is 5.75 Å². The van der Waals surface area contributed by atoms with Crippen LogP contribution in [0.2, 0.25) is 0 Å². The van der Waals surface area contributed by atoms with Crippen LogP contribution in [-0.4, -0.2) is 43.9 Å². The molecule has 110 valence electrons. The number of methoxy groups -OCH3 is 1. The third-order valence-electron chi connectivity index (χ3n) is 4.16. The zero-order valence-electron chi connectivity index (χ0n) is 11.7. The first-order valence-electron chi connectivity index (χ1n) is 7.15. The van der Waals surface area contributed by atoms with Crippen molar-refractivity contribution >= 4 is 15.9 Å². The second-order valence-electron chi connectivity index (χ2n) is 5.45. The van der Waals surface area contributed by atoms with E-state index in [1.807, 2.05) is 6.07 Å². The van der Waals surface area contributed by atoms with Crippen molar-refractivity contribution in [2.45, 2.75) is 31.0 Å². The Morgan fingerprint density at radius 1 is 1.45 bits per heavy atom. The maximum Gasteiger partial charge on any atom is 0.133 e. The fourth-order valence-electron chi connectivity index (χ4n) is 3.04. The van der Waals surface area contributed by atoms with Crippen LogP contribution in [0.25, 0.3) is 0 Å². The quantitative estimate of drug-likeness (QED) is 0.913. The number of nitrogens with zero attached hydrogens (tertiary/aromatic N) is 1. The molecule has 1 saturated carbocycles. The normalized spacial score (nSPS) is 27.6. The van der Waals surface area contributed by atoms with Gasteiger partial charge in [0, 0.05) is 19.1 Å². The Bertz CT molecular complexity index is 479. The average molecular weight is 341 g/mol. The zero-order chi connectivity index (χ0) is 14.1. The molecule has 1 aromatic carbocycles. The van der Waals surface area contributed by atoms with Gasteiger partial charge in [0.25, 0.3) is 0 Å². The Kier molecular flexibility index (Phi) is 4.31. The van der Waals surface area contributed by atoms with E-state index < -0.39 is 0 Å². The van der Waals surface area contributed by atoms with Crippen LogP contribution in [0.15, 0.2) is 22.7 Å². The molecule has 0 aromatic heterocycles. The smallest absolute Gasteiger partial charge is 0.133 e. The summed E-state index contributed by atoms with van der Waals surface area (Å²) in [5.74, 6) is 0.854. The van der Waals surface area contributed by atoms with E-state index in [1.165, 1.54) is 18.4 Å². The molecule has 0 radical (unpaired) electrons. The standard InChI is InChI=1S/C15H21BrN2O2/c1-19-13-5-2-10(8-12(13)16)15-14(9-17)20-7-6-18(15)11-3-4-11/h2,5,8,11,14-15H,3-4,6-7,9,17H2,1H3. The van der Waals surface area contributed by atoms with E-state index in [1.54, 1.807) is 7.11 Å². The fourth-order valence-corrected chi connectivity index (χ4v) is 3.60. The first kappa shape index (κ1) is 14.3. The molecule has 1 saturated heterocycles. The Hall–Kier alpha value is -0.620. The van der Waals surface area contributed by atoms with Gasteiger partial charge in [0.1, 0.15) is 5.75 Å². The predicted octanol–water partition coefficient (Wildman–Crippen LogP) is 2.32. The summed E-state index contributed by atoms with van der Waals surface area (Å²) in [5.41, 5.74) is 7.17. The number of benzene rings is 1. The largest absolute Gasteiger partial charge is 0.496 e. The van der Waals surface area contributed by atoms with Crippen LogP contribution in [0, 0.1) is 0 Å². The molecule has 5 heteroatoms. The molecular formula is C15H21BrN2O2. The summed E-state index contributed by atoms with van der Waals surface area (Å²) in [7, 11) is 1.68. The summed E-state index contributed by atoms with van der Waals surface area (Å²) >= 11 is 3.57. The molecule has 4 nitrogen and oxygen atoms in total. The maximum atomic E-state index is 5.92. The van der Waals surface area contributed by atoms with Gasteiger partial charge in [0.05, 0.1) is 30.3 Å². The van der Waals surface area contributed by atoms with Gasteiger partial charge in [-0.25, -0.2) is 0 Å². The first-order valence-corrected chi connectivity index (χ1v) is 7.94. The number of rotatable bonds is 4. The second kappa shape index (κ2) is 6.02. The van der Waals surface area contributed by atoms with Crippen LogP contribution in [0.3, 0.4) is 0 Å². The highest BCUT2D eigenvalue weighted by Crippen LogP contribution is 2.40. The molecule has 2 fully saturated rings. The number of morpholine rings is 1. The highest BCUT2D eigenvalue weighted by atomic mass is 79.9. The summed E-state index contributed by atoms with van der Waals surface area (Å²) in [6.45, 7) is 2.33. The van der Waals surface area contributed by atoms with Gasteiger partial charge >= 0.3 is 0 Å². The van der Waals surface area contributed by atoms with Crippen LogP contribution < -0.4 is 10.5 Å². The number of nitrogens with two attached hydrogens (primary N) is 1. The molecule has 3 rings (SSSR count). The van der Waals surface area contributed by atoms with Crippen LogP contribution in [0.4, 0.5) is 0 Å². The van der Waals surface area contributed by atoms with E-state index in [9.17, 15) is 0 Å².